The molecule has 1 aromatic carbocycles. The molecule has 5 nitrogen and oxygen atoms in total. The molecule has 4 N–H and O–H groups in total. The van der Waals surface area contributed by atoms with Crippen molar-refractivity contribution in [1.82, 2.24) is 0 Å². The van der Waals surface area contributed by atoms with Crippen LogP contribution in [0.3, 0.4) is 0 Å². The molecule has 0 bridgehead atoms. The minimum atomic E-state index is -0.419. The number of nitrogen functional groups attached to an aromatic ring is 1. The highest BCUT2D eigenvalue weighted by atomic mass is 16.6. The van der Waals surface area contributed by atoms with Gasteiger partial charge >= 0.3 is 0 Å². The maximum atomic E-state index is 10.6. The maximum Gasteiger partial charge on any atom is 0.272 e. The zero-order valence-electron chi connectivity index (χ0n) is 7.93. The van der Waals surface area contributed by atoms with Crippen LogP contribution in [0.5, 0.6) is 0 Å². The number of rotatable bonds is 3. The molecule has 0 aromatic heterocycles. The van der Waals surface area contributed by atoms with E-state index in [4.69, 9.17) is 11.5 Å². The van der Waals surface area contributed by atoms with Crippen LogP contribution < -0.4 is 11.5 Å². The number of hydrogen-bond acceptors (Lipinski definition) is 4. The average Bonchev–Trinajstić information content (AvgIpc) is 2.01. The predicted octanol–water partition coefficient (Wildman–Crippen LogP) is 1.07. The Labute approximate surface area is 81.9 Å². The Morgan fingerprint density at radius 2 is 2.21 bits per heavy atom. The highest BCUT2D eigenvalue weighted by Crippen LogP contribution is 2.22. The van der Waals surface area contributed by atoms with E-state index in [0.717, 1.165) is 0 Å². The van der Waals surface area contributed by atoms with E-state index in [1.807, 2.05) is 0 Å². The zero-order valence-corrected chi connectivity index (χ0v) is 7.93. The van der Waals surface area contributed by atoms with Crippen LogP contribution in [0.1, 0.15) is 12.5 Å². The van der Waals surface area contributed by atoms with Gasteiger partial charge in [0.05, 0.1) is 4.92 Å². The Bertz CT molecular complexity index is 350. The van der Waals surface area contributed by atoms with Gasteiger partial charge in [-0.05, 0) is 25.5 Å². The molecule has 5 heteroatoms. The summed E-state index contributed by atoms with van der Waals surface area (Å²) >= 11 is 0. The Balaban J connectivity index is 3.09. The zero-order chi connectivity index (χ0) is 10.7. The lowest BCUT2D eigenvalue weighted by Gasteiger charge is -2.06. The molecular formula is C9H13N3O2. The van der Waals surface area contributed by atoms with Crippen LogP contribution in [0.25, 0.3) is 0 Å². The molecule has 0 aliphatic carbocycles. The lowest BCUT2D eigenvalue weighted by molar-refractivity contribution is -0.385. The van der Waals surface area contributed by atoms with Crippen molar-refractivity contribution < 1.29 is 4.92 Å². The summed E-state index contributed by atoms with van der Waals surface area (Å²) in [5.74, 6) is 0. The van der Waals surface area contributed by atoms with Crippen molar-refractivity contribution in [3.63, 3.8) is 0 Å². The minimum absolute atomic E-state index is 0.0801. The highest BCUT2D eigenvalue weighted by Gasteiger charge is 2.14. The fourth-order valence-corrected chi connectivity index (χ4v) is 1.29. The molecule has 0 aliphatic heterocycles. The smallest absolute Gasteiger partial charge is 0.272 e. The molecular weight excluding hydrogens is 182 g/mol. The fraction of sp³-hybridized carbons (Fsp3) is 0.333. The van der Waals surface area contributed by atoms with Crippen LogP contribution in [0.4, 0.5) is 11.4 Å². The summed E-state index contributed by atoms with van der Waals surface area (Å²) in [7, 11) is 0. The molecule has 0 amide bonds. The van der Waals surface area contributed by atoms with E-state index in [-0.39, 0.29) is 11.7 Å². The van der Waals surface area contributed by atoms with Crippen molar-refractivity contribution in [3.05, 3.63) is 33.9 Å². The summed E-state index contributed by atoms with van der Waals surface area (Å²) in [6.45, 7) is 1.80. The van der Waals surface area contributed by atoms with Gasteiger partial charge in [-0.2, -0.15) is 0 Å². The maximum absolute atomic E-state index is 10.6. The minimum Gasteiger partial charge on any atom is -0.399 e. The highest BCUT2D eigenvalue weighted by molar-refractivity contribution is 5.51. The van der Waals surface area contributed by atoms with Gasteiger partial charge in [-0.1, -0.05) is 0 Å². The van der Waals surface area contributed by atoms with Crippen molar-refractivity contribution in [2.45, 2.75) is 19.4 Å². The SMILES string of the molecule is C[C@@H](N)Cc1cc(N)ccc1[N+](=O)[O-]. The lowest BCUT2D eigenvalue weighted by atomic mass is 10.1. The summed E-state index contributed by atoms with van der Waals surface area (Å²) in [6.07, 6.45) is 0.460. The number of nitrogens with two attached hydrogens (primary N) is 2. The number of nitro benzene ring substituents is 1. The summed E-state index contributed by atoms with van der Waals surface area (Å²) in [5.41, 5.74) is 12.3. The first-order valence-corrected chi connectivity index (χ1v) is 4.29. The number of nitro groups is 1. The van der Waals surface area contributed by atoms with E-state index >= 15 is 0 Å². The Morgan fingerprint density at radius 1 is 1.57 bits per heavy atom. The lowest BCUT2D eigenvalue weighted by Crippen LogP contribution is -2.18. The summed E-state index contributed by atoms with van der Waals surface area (Å²) in [5, 5.41) is 10.6. The van der Waals surface area contributed by atoms with E-state index in [0.29, 0.717) is 17.7 Å². The van der Waals surface area contributed by atoms with E-state index in [2.05, 4.69) is 0 Å². The van der Waals surface area contributed by atoms with Crippen LogP contribution in [-0.2, 0) is 6.42 Å². The third-order valence-corrected chi connectivity index (χ3v) is 1.84. The summed E-state index contributed by atoms with van der Waals surface area (Å²) in [4.78, 5) is 10.2. The molecule has 0 saturated carbocycles. The van der Waals surface area contributed by atoms with Crippen LogP contribution in [0.2, 0.25) is 0 Å². The molecule has 1 aromatic rings. The van der Waals surface area contributed by atoms with Crippen molar-refractivity contribution in [1.29, 1.82) is 0 Å². The van der Waals surface area contributed by atoms with Gasteiger partial charge in [0.2, 0.25) is 0 Å². The Morgan fingerprint density at radius 3 is 2.71 bits per heavy atom. The summed E-state index contributed by atoms with van der Waals surface area (Å²) < 4.78 is 0. The van der Waals surface area contributed by atoms with Gasteiger partial charge in [0.1, 0.15) is 0 Å². The normalized spacial score (nSPS) is 12.4. The largest absolute Gasteiger partial charge is 0.399 e. The average molecular weight is 195 g/mol. The number of hydrogen-bond donors (Lipinski definition) is 2. The van der Waals surface area contributed by atoms with Crippen molar-refractivity contribution >= 4 is 11.4 Å². The second-order valence-electron chi connectivity index (χ2n) is 3.33. The van der Waals surface area contributed by atoms with E-state index < -0.39 is 4.92 Å². The van der Waals surface area contributed by atoms with Gasteiger partial charge in [0.25, 0.3) is 5.69 Å². The molecule has 0 saturated heterocycles. The summed E-state index contributed by atoms with van der Waals surface area (Å²) in [6, 6.07) is 4.41. The molecule has 0 heterocycles. The molecule has 0 fully saturated rings. The first-order chi connectivity index (χ1) is 6.50. The van der Waals surface area contributed by atoms with E-state index in [1.54, 1.807) is 13.0 Å². The van der Waals surface area contributed by atoms with Gasteiger partial charge in [0.15, 0.2) is 0 Å². The topological polar surface area (TPSA) is 95.2 Å². The molecule has 0 spiro atoms. The first kappa shape index (κ1) is 10.5. The third kappa shape index (κ3) is 2.43. The molecule has 76 valence electrons. The van der Waals surface area contributed by atoms with Gasteiger partial charge in [0, 0.05) is 23.4 Å². The van der Waals surface area contributed by atoms with E-state index in [1.165, 1.54) is 12.1 Å². The van der Waals surface area contributed by atoms with Gasteiger partial charge in [-0.25, -0.2) is 0 Å². The van der Waals surface area contributed by atoms with E-state index in [9.17, 15) is 10.1 Å². The van der Waals surface area contributed by atoms with Crippen LogP contribution in [0, 0.1) is 10.1 Å². The molecule has 0 unspecified atom stereocenters. The second-order valence-corrected chi connectivity index (χ2v) is 3.33. The van der Waals surface area contributed by atoms with Gasteiger partial charge in [-0.15, -0.1) is 0 Å². The monoisotopic (exact) mass is 195 g/mol. The van der Waals surface area contributed by atoms with Gasteiger partial charge < -0.3 is 11.5 Å². The fourth-order valence-electron chi connectivity index (χ4n) is 1.29. The number of benzene rings is 1. The Kier molecular flexibility index (Phi) is 3.03. The van der Waals surface area contributed by atoms with Crippen molar-refractivity contribution in [2.24, 2.45) is 5.73 Å². The standard InChI is InChI=1S/C9H13N3O2/c1-6(10)4-7-5-8(11)2-3-9(7)12(13)14/h2-3,5-6H,4,10-11H2,1H3/t6-/m1/s1. The van der Waals surface area contributed by atoms with Gasteiger partial charge in [-0.3, -0.25) is 10.1 Å². The second kappa shape index (κ2) is 4.06. The van der Waals surface area contributed by atoms with Crippen molar-refractivity contribution in [2.75, 3.05) is 5.73 Å². The molecule has 1 atom stereocenters. The molecule has 0 aliphatic rings. The number of nitrogens with zero attached hydrogens (tertiary/aromatic N) is 1. The van der Waals surface area contributed by atoms with Crippen molar-refractivity contribution in [3.8, 4) is 0 Å². The molecule has 14 heavy (non-hydrogen) atoms. The first-order valence-electron chi connectivity index (χ1n) is 4.29. The third-order valence-electron chi connectivity index (χ3n) is 1.84. The molecule has 1 rings (SSSR count). The van der Waals surface area contributed by atoms with Crippen LogP contribution >= 0.6 is 0 Å². The quantitative estimate of drug-likeness (QED) is 0.428. The number of anilines is 1. The van der Waals surface area contributed by atoms with Crippen LogP contribution in [-0.4, -0.2) is 11.0 Å². The van der Waals surface area contributed by atoms with Crippen LogP contribution in [0.15, 0.2) is 18.2 Å². The Hall–Kier alpha value is -1.62. The molecule has 0 radical (unpaired) electrons. The predicted molar refractivity (Wildman–Crippen MR) is 54.9 cm³/mol.